The van der Waals surface area contributed by atoms with E-state index in [2.05, 4.69) is 20.8 Å². The molecule has 0 aromatic heterocycles. The van der Waals surface area contributed by atoms with Crippen molar-refractivity contribution in [3.63, 3.8) is 0 Å². The summed E-state index contributed by atoms with van der Waals surface area (Å²) < 4.78 is 0. The van der Waals surface area contributed by atoms with E-state index in [1.54, 1.807) is 12.1 Å². The first-order valence-electron chi connectivity index (χ1n) is 14.5. The Bertz CT molecular complexity index is 550. The Morgan fingerprint density at radius 1 is 0.529 bits per heavy atom. The van der Waals surface area contributed by atoms with E-state index >= 15 is 0 Å². The van der Waals surface area contributed by atoms with Gasteiger partial charge in [0.2, 0.25) is 0 Å². The Morgan fingerprint density at radius 3 is 1.26 bits per heavy atom. The molecular formula is C30H57O3P. The number of hydrogen-bond donors (Lipinski definition) is 2. The van der Waals surface area contributed by atoms with Crippen molar-refractivity contribution in [2.45, 2.75) is 136 Å². The van der Waals surface area contributed by atoms with E-state index in [0.29, 0.717) is 11.5 Å². The molecule has 0 atom stereocenters. The van der Waals surface area contributed by atoms with Crippen LogP contribution in [0.1, 0.15) is 136 Å². The number of phenolic OH excluding ortho intramolecular Hbond substituents is 2. The van der Waals surface area contributed by atoms with Crippen LogP contribution in [0, 0.1) is 0 Å². The molecule has 0 unspecified atom stereocenters. The van der Waals surface area contributed by atoms with Crippen molar-refractivity contribution in [2.24, 2.45) is 0 Å². The molecule has 1 aromatic carbocycles. The highest BCUT2D eigenvalue weighted by molar-refractivity contribution is 7.83. The van der Waals surface area contributed by atoms with Gasteiger partial charge in [0.15, 0.2) is 5.75 Å². The summed E-state index contributed by atoms with van der Waals surface area (Å²) >= 11 is 0. The standard InChI is InChI=1S/C30H55O2P.H2O/c1-4-7-10-13-16-19-24-33(25-20-17-14-11-8-5-2,26-21-18-15-12-9-6-3)30-27-28(31)22-23-29(30)32;/h22-23,27H,4-21,24-26H2,1-3H3,(H-,31,32);1H2. The lowest BCUT2D eigenvalue weighted by atomic mass is 10.1. The predicted molar refractivity (Wildman–Crippen MR) is 153 cm³/mol. The zero-order chi connectivity index (χ0) is 24.2. The minimum atomic E-state index is -1.49. The highest BCUT2D eigenvalue weighted by atomic mass is 31.2. The van der Waals surface area contributed by atoms with Crippen LogP contribution >= 0.6 is 7.26 Å². The molecule has 3 nitrogen and oxygen atoms in total. The maximum absolute atomic E-state index is 10.9. The van der Waals surface area contributed by atoms with Gasteiger partial charge in [-0.1, -0.05) is 97.8 Å². The van der Waals surface area contributed by atoms with Gasteiger partial charge >= 0.3 is 0 Å². The highest BCUT2D eigenvalue weighted by Gasteiger charge is 2.41. The van der Waals surface area contributed by atoms with Crippen LogP contribution in [0.4, 0.5) is 0 Å². The van der Waals surface area contributed by atoms with Crippen molar-refractivity contribution in [3.05, 3.63) is 18.2 Å². The Labute approximate surface area is 212 Å². The third kappa shape index (κ3) is 13.9. The van der Waals surface area contributed by atoms with Gasteiger partial charge in [-0.05, 0) is 50.7 Å². The minimum Gasteiger partial charge on any atom is -0.870 e. The Balaban J connectivity index is 0.0000109. The summed E-state index contributed by atoms with van der Waals surface area (Å²) in [4.78, 5) is 0. The summed E-state index contributed by atoms with van der Waals surface area (Å²) in [7, 11) is -1.49. The van der Waals surface area contributed by atoms with Crippen LogP contribution in [0.3, 0.4) is 0 Å². The van der Waals surface area contributed by atoms with Gasteiger partial charge in [0.1, 0.15) is 11.1 Å². The van der Waals surface area contributed by atoms with Crippen LogP contribution in [0.15, 0.2) is 18.2 Å². The van der Waals surface area contributed by atoms with E-state index in [1.165, 1.54) is 134 Å². The minimum absolute atomic E-state index is 0. The van der Waals surface area contributed by atoms with Crippen LogP contribution in [0.25, 0.3) is 0 Å². The fourth-order valence-electron chi connectivity index (χ4n) is 5.17. The van der Waals surface area contributed by atoms with E-state index in [-0.39, 0.29) is 5.48 Å². The molecule has 1 aromatic rings. The normalized spacial score (nSPS) is 11.5. The fourth-order valence-corrected chi connectivity index (χ4v) is 10.0. The molecule has 0 heterocycles. The number of rotatable bonds is 22. The second-order valence-electron chi connectivity index (χ2n) is 10.3. The summed E-state index contributed by atoms with van der Waals surface area (Å²) in [5.41, 5.74) is 0. The van der Waals surface area contributed by atoms with Crippen molar-refractivity contribution in [1.29, 1.82) is 0 Å². The van der Waals surface area contributed by atoms with Gasteiger partial charge in [-0.25, -0.2) is 0 Å². The zero-order valence-corrected chi connectivity index (χ0v) is 23.8. The molecule has 0 fully saturated rings. The summed E-state index contributed by atoms with van der Waals surface area (Å²) in [5.74, 6) is 0.755. The molecule has 0 spiro atoms. The molecule has 0 bridgehead atoms. The molecule has 34 heavy (non-hydrogen) atoms. The molecule has 0 saturated heterocycles. The van der Waals surface area contributed by atoms with E-state index in [0.717, 1.165) is 5.30 Å². The number of unbranched alkanes of at least 4 members (excludes halogenated alkanes) is 15. The second kappa shape index (κ2) is 21.5. The van der Waals surface area contributed by atoms with Gasteiger partial charge in [0, 0.05) is 6.07 Å². The van der Waals surface area contributed by atoms with Crippen molar-refractivity contribution < 1.29 is 15.7 Å². The molecule has 0 radical (unpaired) electrons. The fraction of sp³-hybridized carbons (Fsp3) is 0.800. The number of aromatic hydroxyl groups is 2. The van der Waals surface area contributed by atoms with E-state index in [4.69, 9.17) is 0 Å². The van der Waals surface area contributed by atoms with Crippen molar-refractivity contribution in [2.75, 3.05) is 18.5 Å². The smallest absolute Gasteiger partial charge is 0.158 e. The highest BCUT2D eigenvalue weighted by Crippen LogP contribution is 2.61. The SMILES string of the molecule is CCCCCCCC[P+](CCCCCCCC)(CCCCCCCC)c1cc(O)ccc1O.[OH-]. The Morgan fingerprint density at radius 2 is 0.882 bits per heavy atom. The average molecular weight is 497 g/mol. The molecule has 1 rings (SSSR count). The summed E-state index contributed by atoms with van der Waals surface area (Å²) in [6.07, 6.45) is 27.5. The van der Waals surface area contributed by atoms with E-state index < -0.39 is 7.26 Å². The summed E-state index contributed by atoms with van der Waals surface area (Å²) in [6, 6.07) is 5.31. The second-order valence-corrected chi connectivity index (χ2v) is 14.4. The molecule has 0 saturated carbocycles. The maximum Gasteiger partial charge on any atom is 0.158 e. The molecule has 200 valence electrons. The Hall–Kier alpha value is -0.790. The van der Waals surface area contributed by atoms with Crippen molar-refractivity contribution in [3.8, 4) is 11.5 Å². The molecular weight excluding hydrogens is 439 g/mol. The molecule has 4 heteroatoms. The van der Waals surface area contributed by atoms with Gasteiger partial charge < -0.3 is 15.7 Å². The van der Waals surface area contributed by atoms with Crippen molar-refractivity contribution >= 4 is 12.6 Å². The van der Waals surface area contributed by atoms with Crippen LogP contribution < -0.4 is 5.30 Å². The molecule has 0 aliphatic heterocycles. The van der Waals surface area contributed by atoms with Crippen LogP contribution in [0.2, 0.25) is 0 Å². The third-order valence-corrected chi connectivity index (χ3v) is 12.2. The number of hydrogen-bond acceptors (Lipinski definition) is 3. The van der Waals surface area contributed by atoms with E-state index in [9.17, 15) is 10.2 Å². The average Bonchev–Trinajstić information content (AvgIpc) is 2.81. The van der Waals surface area contributed by atoms with Crippen LogP contribution in [0.5, 0.6) is 11.5 Å². The van der Waals surface area contributed by atoms with E-state index in [1.807, 2.05) is 6.07 Å². The monoisotopic (exact) mass is 496 g/mol. The Kier molecular flexibility index (Phi) is 21.0. The number of benzene rings is 1. The predicted octanol–water partition coefficient (Wildman–Crippen LogP) is 9.65. The summed E-state index contributed by atoms with van der Waals surface area (Å²) in [6.45, 7) is 6.84. The maximum atomic E-state index is 10.9. The lowest BCUT2D eigenvalue weighted by molar-refractivity contribution is 0.463. The first kappa shape index (κ1) is 33.2. The van der Waals surface area contributed by atoms with Crippen LogP contribution in [-0.2, 0) is 0 Å². The molecule has 0 aliphatic carbocycles. The lowest BCUT2D eigenvalue weighted by Crippen LogP contribution is -2.21. The molecule has 0 aliphatic rings. The van der Waals surface area contributed by atoms with Crippen molar-refractivity contribution in [1.82, 2.24) is 0 Å². The first-order valence-corrected chi connectivity index (χ1v) is 16.8. The van der Waals surface area contributed by atoms with Gasteiger partial charge in [0.25, 0.3) is 0 Å². The van der Waals surface area contributed by atoms with Gasteiger partial charge in [-0.3, -0.25) is 0 Å². The topological polar surface area (TPSA) is 70.5 Å². The third-order valence-electron chi connectivity index (χ3n) is 7.29. The van der Waals surface area contributed by atoms with Gasteiger partial charge in [-0.15, -0.1) is 0 Å². The molecule has 0 amide bonds. The number of phenols is 2. The first-order chi connectivity index (χ1) is 16.1. The lowest BCUT2D eigenvalue weighted by Gasteiger charge is -2.29. The largest absolute Gasteiger partial charge is 0.870 e. The quantitative estimate of drug-likeness (QED) is 0.0953. The molecule has 3 N–H and O–H groups in total. The zero-order valence-electron chi connectivity index (χ0n) is 22.9. The van der Waals surface area contributed by atoms with Gasteiger partial charge in [-0.2, -0.15) is 0 Å². The van der Waals surface area contributed by atoms with Gasteiger partial charge in [0.05, 0.1) is 25.7 Å². The van der Waals surface area contributed by atoms with Crippen LogP contribution in [-0.4, -0.2) is 34.2 Å². The summed E-state index contributed by atoms with van der Waals surface area (Å²) in [5, 5.41) is 22.3.